The molecular weight excluding hydrogens is 276 g/mol. The van der Waals surface area contributed by atoms with E-state index in [1.807, 2.05) is 24.3 Å². The van der Waals surface area contributed by atoms with Gasteiger partial charge in [0.05, 0.1) is 4.88 Å². The lowest BCUT2D eigenvalue weighted by atomic mass is 9.98. The SMILES string of the molecule is CCc1ccc(C(=O)c2cc3ccccc3s2)cc1CC. The summed E-state index contributed by atoms with van der Waals surface area (Å²) >= 11 is 1.57. The highest BCUT2D eigenvalue weighted by molar-refractivity contribution is 7.21. The quantitative estimate of drug-likeness (QED) is 0.600. The highest BCUT2D eigenvalue weighted by Gasteiger charge is 2.13. The van der Waals surface area contributed by atoms with Gasteiger partial charge in [-0.05, 0) is 47.6 Å². The summed E-state index contributed by atoms with van der Waals surface area (Å²) in [4.78, 5) is 13.5. The van der Waals surface area contributed by atoms with Gasteiger partial charge in [-0.3, -0.25) is 4.79 Å². The van der Waals surface area contributed by atoms with E-state index in [0.717, 1.165) is 28.7 Å². The molecule has 0 saturated heterocycles. The number of ketones is 1. The van der Waals surface area contributed by atoms with Crippen molar-refractivity contribution in [1.29, 1.82) is 0 Å². The van der Waals surface area contributed by atoms with Gasteiger partial charge in [-0.2, -0.15) is 0 Å². The standard InChI is InChI=1S/C19H18OS/c1-3-13-9-10-16(11-14(13)4-2)19(20)18-12-15-7-5-6-8-17(15)21-18/h5-12H,3-4H2,1-2H3. The first-order valence-corrected chi connectivity index (χ1v) is 8.19. The maximum absolute atomic E-state index is 12.7. The average Bonchev–Trinajstić information content (AvgIpc) is 2.97. The smallest absolute Gasteiger partial charge is 0.202 e. The van der Waals surface area contributed by atoms with Crippen molar-refractivity contribution in [3.63, 3.8) is 0 Å². The molecule has 0 aliphatic heterocycles. The maximum Gasteiger partial charge on any atom is 0.202 e. The van der Waals surface area contributed by atoms with E-state index < -0.39 is 0 Å². The zero-order valence-corrected chi connectivity index (χ0v) is 13.2. The number of carbonyl (C=O) groups is 1. The Kier molecular flexibility index (Phi) is 3.89. The molecule has 2 aromatic carbocycles. The van der Waals surface area contributed by atoms with Gasteiger partial charge in [-0.1, -0.05) is 44.2 Å². The predicted molar refractivity (Wildman–Crippen MR) is 90.5 cm³/mol. The molecule has 0 aliphatic carbocycles. The third-order valence-corrected chi connectivity index (χ3v) is 4.99. The van der Waals surface area contributed by atoms with Crippen molar-refractivity contribution in [3.05, 3.63) is 70.1 Å². The fraction of sp³-hybridized carbons (Fsp3) is 0.211. The van der Waals surface area contributed by atoms with Crippen LogP contribution in [0.15, 0.2) is 48.5 Å². The summed E-state index contributed by atoms with van der Waals surface area (Å²) in [5.74, 6) is 0.133. The Morgan fingerprint density at radius 2 is 1.71 bits per heavy atom. The van der Waals surface area contributed by atoms with E-state index in [4.69, 9.17) is 0 Å². The summed E-state index contributed by atoms with van der Waals surface area (Å²) in [6.45, 7) is 4.30. The van der Waals surface area contributed by atoms with Crippen LogP contribution < -0.4 is 0 Å². The van der Waals surface area contributed by atoms with Crippen molar-refractivity contribution in [2.75, 3.05) is 0 Å². The van der Waals surface area contributed by atoms with Crippen LogP contribution in [0.5, 0.6) is 0 Å². The van der Waals surface area contributed by atoms with Gasteiger partial charge in [0.25, 0.3) is 0 Å². The number of rotatable bonds is 4. The lowest BCUT2D eigenvalue weighted by Crippen LogP contribution is -2.01. The zero-order chi connectivity index (χ0) is 14.8. The monoisotopic (exact) mass is 294 g/mol. The van der Waals surface area contributed by atoms with Crippen LogP contribution in [-0.4, -0.2) is 5.78 Å². The third kappa shape index (κ3) is 2.64. The maximum atomic E-state index is 12.7. The van der Waals surface area contributed by atoms with Gasteiger partial charge in [0.2, 0.25) is 5.78 Å². The minimum Gasteiger partial charge on any atom is -0.288 e. The zero-order valence-electron chi connectivity index (χ0n) is 12.3. The van der Waals surface area contributed by atoms with E-state index in [2.05, 4.69) is 38.1 Å². The van der Waals surface area contributed by atoms with E-state index in [0.29, 0.717) is 0 Å². The van der Waals surface area contributed by atoms with Crippen molar-refractivity contribution < 1.29 is 4.79 Å². The van der Waals surface area contributed by atoms with Crippen LogP contribution >= 0.6 is 11.3 Å². The van der Waals surface area contributed by atoms with E-state index >= 15 is 0 Å². The van der Waals surface area contributed by atoms with Crippen LogP contribution in [0.4, 0.5) is 0 Å². The molecule has 106 valence electrons. The molecule has 0 radical (unpaired) electrons. The molecule has 0 unspecified atom stereocenters. The van der Waals surface area contributed by atoms with Gasteiger partial charge in [0.15, 0.2) is 0 Å². The van der Waals surface area contributed by atoms with Crippen LogP contribution in [0.3, 0.4) is 0 Å². The predicted octanol–water partition coefficient (Wildman–Crippen LogP) is 5.26. The topological polar surface area (TPSA) is 17.1 Å². The molecule has 1 aromatic heterocycles. The molecule has 0 spiro atoms. The van der Waals surface area contributed by atoms with E-state index in [1.54, 1.807) is 11.3 Å². The molecule has 0 aliphatic rings. The Hall–Kier alpha value is -1.93. The molecule has 0 saturated carbocycles. The molecular formula is C19H18OS. The molecule has 1 heterocycles. The van der Waals surface area contributed by atoms with Gasteiger partial charge < -0.3 is 0 Å². The molecule has 0 atom stereocenters. The first-order valence-electron chi connectivity index (χ1n) is 7.38. The summed E-state index contributed by atoms with van der Waals surface area (Å²) in [6, 6.07) is 16.3. The molecule has 3 aromatic rings. The van der Waals surface area contributed by atoms with E-state index in [9.17, 15) is 4.79 Å². The first-order chi connectivity index (χ1) is 10.2. The molecule has 0 N–H and O–H groups in total. The minimum absolute atomic E-state index is 0.133. The van der Waals surface area contributed by atoms with Crippen LogP contribution in [0, 0.1) is 0 Å². The summed E-state index contributed by atoms with van der Waals surface area (Å²) in [6.07, 6.45) is 1.98. The van der Waals surface area contributed by atoms with Crippen LogP contribution in [-0.2, 0) is 12.8 Å². The summed E-state index contributed by atoms with van der Waals surface area (Å²) in [5.41, 5.74) is 3.42. The molecule has 0 bridgehead atoms. The second-order valence-corrected chi connectivity index (χ2v) is 6.25. The van der Waals surface area contributed by atoms with Crippen molar-refractivity contribution in [2.45, 2.75) is 26.7 Å². The number of aryl methyl sites for hydroxylation is 2. The third-order valence-electron chi connectivity index (χ3n) is 3.88. The Balaban J connectivity index is 2.01. The average molecular weight is 294 g/mol. The fourth-order valence-electron chi connectivity index (χ4n) is 2.68. The van der Waals surface area contributed by atoms with Gasteiger partial charge in [0, 0.05) is 10.3 Å². The van der Waals surface area contributed by atoms with Gasteiger partial charge in [-0.15, -0.1) is 11.3 Å². The molecule has 2 heteroatoms. The highest BCUT2D eigenvalue weighted by Crippen LogP contribution is 2.27. The molecule has 0 fully saturated rings. The van der Waals surface area contributed by atoms with Crippen LogP contribution in [0.1, 0.15) is 40.2 Å². The van der Waals surface area contributed by atoms with Crippen LogP contribution in [0.25, 0.3) is 10.1 Å². The molecule has 3 rings (SSSR count). The lowest BCUT2D eigenvalue weighted by molar-refractivity contribution is 0.104. The van der Waals surface area contributed by atoms with Gasteiger partial charge in [-0.25, -0.2) is 0 Å². The summed E-state index contributed by atoms with van der Waals surface area (Å²) in [7, 11) is 0. The number of thiophene rings is 1. The van der Waals surface area contributed by atoms with Gasteiger partial charge >= 0.3 is 0 Å². The van der Waals surface area contributed by atoms with Crippen molar-refractivity contribution >= 4 is 27.2 Å². The number of hydrogen-bond donors (Lipinski definition) is 0. The Morgan fingerprint density at radius 1 is 0.952 bits per heavy atom. The second kappa shape index (κ2) is 5.82. The summed E-state index contributed by atoms with van der Waals surface area (Å²) < 4.78 is 1.17. The van der Waals surface area contributed by atoms with E-state index in [-0.39, 0.29) is 5.78 Å². The minimum atomic E-state index is 0.133. The number of hydrogen-bond acceptors (Lipinski definition) is 2. The number of carbonyl (C=O) groups excluding carboxylic acids is 1. The second-order valence-electron chi connectivity index (χ2n) is 5.17. The fourth-order valence-corrected chi connectivity index (χ4v) is 3.70. The van der Waals surface area contributed by atoms with Crippen LogP contribution in [0.2, 0.25) is 0 Å². The van der Waals surface area contributed by atoms with Crippen molar-refractivity contribution in [2.24, 2.45) is 0 Å². The Labute approximate surface area is 129 Å². The molecule has 21 heavy (non-hydrogen) atoms. The lowest BCUT2D eigenvalue weighted by Gasteiger charge is -2.07. The first kappa shape index (κ1) is 14.0. The Bertz CT molecular complexity index is 765. The largest absolute Gasteiger partial charge is 0.288 e. The van der Waals surface area contributed by atoms with Gasteiger partial charge in [0.1, 0.15) is 0 Å². The highest BCUT2D eigenvalue weighted by atomic mass is 32.1. The Morgan fingerprint density at radius 3 is 2.43 bits per heavy atom. The van der Waals surface area contributed by atoms with Crippen molar-refractivity contribution in [3.8, 4) is 0 Å². The number of fused-ring (bicyclic) bond motifs is 1. The van der Waals surface area contributed by atoms with Crippen molar-refractivity contribution in [1.82, 2.24) is 0 Å². The molecule has 0 amide bonds. The normalized spacial score (nSPS) is 11.0. The number of benzene rings is 2. The molecule has 1 nitrogen and oxygen atoms in total. The van der Waals surface area contributed by atoms with E-state index in [1.165, 1.54) is 15.8 Å². The summed E-state index contributed by atoms with van der Waals surface area (Å²) in [5, 5.41) is 1.15.